The van der Waals surface area contributed by atoms with Gasteiger partial charge in [-0.2, -0.15) is 0 Å². The van der Waals surface area contributed by atoms with Crippen LogP contribution in [0.1, 0.15) is 30.5 Å². The molecule has 0 radical (unpaired) electrons. The van der Waals surface area contributed by atoms with Crippen LogP contribution in [0.3, 0.4) is 0 Å². The number of anilines is 1. The van der Waals surface area contributed by atoms with Crippen LogP contribution in [0, 0.1) is 12.8 Å². The number of hydrogen-bond acceptors (Lipinski definition) is 6. The van der Waals surface area contributed by atoms with Crippen LogP contribution in [0.25, 0.3) is 0 Å². The molecule has 28 heavy (non-hydrogen) atoms. The molecule has 2 aliphatic rings. The first kappa shape index (κ1) is 19.1. The van der Waals surface area contributed by atoms with Crippen molar-refractivity contribution in [3.8, 4) is 0 Å². The number of benzene rings is 1. The van der Waals surface area contributed by atoms with Gasteiger partial charge in [0.25, 0.3) is 0 Å². The predicted molar refractivity (Wildman–Crippen MR) is 106 cm³/mol. The lowest BCUT2D eigenvalue weighted by Crippen LogP contribution is -2.29. The van der Waals surface area contributed by atoms with Gasteiger partial charge >= 0.3 is 0 Å². The van der Waals surface area contributed by atoms with E-state index in [2.05, 4.69) is 10.3 Å². The molecule has 1 saturated carbocycles. The molecule has 148 valence electrons. The number of likely N-dealkylation sites (tertiary alicyclic amines) is 1. The molecule has 1 aromatic carbocycles. The van der Waals surface area contributed by atoms with Gasteiger partial charge in [-0.15, -0.1) is 11.3 Å². The molecule has 0 bridgehead atoms. The van der Waals surface area contributed by atoms with Crippen LogP contribution in [-0.4, -0.2) is 42.7 Å². The first-order valence-electron chi connectivity index (χ1n) is 9.16. The van der Waals surface area contributed by atoms with E-state index in [1.165, 1.54) is 11.3 Å². The van der Waals surface area contributed by atoms with Crippen LogP contribution in [0.15, 0.2) is 34.5 Å². The summed E-state index contributed by atoms with van der Waals surface area (Å²) < 4.78 is 25.1. The second kappa shape index (κ2) is 7.29. The first-order chi connectivity index (χ1) is 13.3. The Hall–Kier alpha value is -2.26. The second-order valence-corrected chi connectivity index (χ2v) is 10.2. The van der Waals surface area contributed by atoms with E-state index >= 15 is 0 Å². The Morgan fingerprint density at radius 1 is 1.29 bits per heavy atom. The third-order valence-corrected chi connectivity index (χ3v) is 7.49. The van der Waals surface area contributed by atoms with Gasteiger partial charge in [-0.3, -0.25) is 9.59 Å². The summed E-state index contributed by atoms with van der Waals surface area (Å²) in [7, 11) is -3.50. The van der Waals surface area contributed by atoms with E-state index in [1.807, 2.05) is 6.92 Å². The van der Waals surface area contributed by atoms with Crippen LogP contribution in [0.5, 0.6) is 0 Å². The zero-order chi connectivity index (χ0) is 19.9. The quantitative estimate of drug-likeness (QED) is 0.775. The number of nitrogens with one attached hydrogen (secondary N) is 1. The fourth-order valence-electron chi connectivity index (χ4n) is 3.31. The Bertz CT molecular complexity index is 1010. The summed E-state index contributed by atoms with van der Waals surface area (Å²) >= 11 is 1.19. The topological polar surface area (TPSA) is 96.4 Å². The summed E-state index contributed by atoms with van der Waals surface area (Å²) in [6.07, 6.45) is 2.26. The van der Waals surface area contributed by atoms with Gasteiger partial charge in [0.1, 0.15) is 0 Å². The van der Waals surface area contributed by atoms with Gasteiger partial charge in [-0.1, -0.05) is 17.7 Å². The highest BCUT2D eigenvalue weighted by molar-refractivity contribution is 7.90. The van der Waals surface area contributed by atoms with Crippen molar-refractivity contribution in [1.82, 2.24) is 9.88 Å². The highest BCUT2D eigenvalue weighted by Crippen LogP contribution is 2.33. The number of aromatic nitrogens is 1. The maximum absolute atomic E-state index is 12.5. The first-order valence-corrected chi connectivity index (χ1v) is 11.7. The number of nitrogens with zero attached hydrogens (tertiary/aromatic N) is 2. The fourth-order valence-corrected chi connectivity index (χ4v) is 5.38. The van der Waals surface area contributed by atoms with E-state index in [-0.39, 0.29) is 34.8 Å². The Balaban J connectivity index is 1.38. The minimum absolute atomic E-state index is 0.0340. The standard InChI is InChI=1S/C19H21N3O4S2/c1-12-2-6-16(7-3-12)28(25,26)11-14-10-27-19(20-14)21-18(24)13-8-17(23)22(9-13)15-4-5-15/h2-3,6-7,10,13,15H,4-5,8-9,11H2,1H3,(H,20,21,24)/t13-/m1/s1. The molecule has 1 aromatic heterocycles. The normalized spacial score (nSPS) is 19.8. The average Bonchev–Trinajstić information content (AvgIpc) is 3.28. The largest absolute Gasteiger partial charge is 0.339 e. The average molecular weight is 420 g/mol. The molecular formula is C19H21N3O4S2. The molecule has 2 fully saturated rings. The Kier molecular flexibility index (Phi) is 4.96. The molecule has 9 heteroatoms. The van der Waals surface area contributed by atoms with E-state index in [1.54, 1.807) is 34.5 Å². The Morgan fingerprint density at radius 3 is 2.68 bits per heavy atom. The molecule has 1 atom stereocenters. The molecule has 2 aromatic rings. The van der Waals surface area contributed by atoms with E-state index < -0.39 is 9.84 Å². The monoisotopic (exact) mass is 419 g/mol. The maximum atomic E-state index is 12.5. The lowest BCUT2D eigenvalue weighted by molar-refractivity contribution is -0.128. The number of aryl methyl sites for hydroxylation is 1. The van der Waals surface area contributed by atoms with Gasteiger partial charge in [0.05, 0.1) is 22.3 Å². The molecule has 4 rings (SSSR count). The zero-order valence-electron chi connectivity index (χ0n) is 15.4. The molecule has 0 unspecified atom stereocenters. The van der Waals surface area contributed by atoms with Gasteiger partial charge < -0.3 is 10.2 Å². The van der Waals surface area contributed by atoms with Crippen molar-refractivity contribution >= 4 is 38.1 Å². The van der Waals surface area contributed by atoms with Gasteiger partial charge in [0.15, 0.2) is 15.0 Å². The summed E-state index contributed by atoms with van der Waals surface area (Å²) in [4.78, 5) is 30.8. The third kappa shape index (κ3) is 4.10. The van der Waals surface area contributed by atoms with E-state index in [9.17, 15) is 18.0 Å². The zero-order valence-corrected chi connectivity index (χ0v) is 17.1. The van der Waals surface area contributed by atoms with Crippen LogP contribution < -0.4 is 5.32 Å². The fraction of sp³-hybridized carbons (Fsp3) is 0.421. The number of carbonyl (C=O) groups is 2. The van der Waals surface area contributed by atoms with Crippen LogP contribution >= 0.6 is 11.3 Å². The van der Waals surface area contributed by atoms with E-state index in [0.29, 0.717) is 23.4 Å². The van der Waals surface area contributed by atoms with Crippen LogP contribution in [-0.2, 0) is 25.2 Å². The minimum Gasteiger partial charge on any atom is -0.339 e. The second-order valence-electron chi connectivity index (χ2n) is 7.38. The van der Waals surface area contributed by atoms with Gasteiger partial charge in [0.2, 0.25) is 11.8 Å². The van der Waals surface area contributed by atoms with Crippen LogP contribution in [0.2, 0.25) is 0 Å². The molecule has 1 N–H and O–H groups in total. The maximum Gasteiger partial charge on any atom is 0.231 e. The summed E-state index contributed by atoms with van der Waals surface area (Å²) in [5.74, 6) is -0.804. The van der Waals surface area contributed by atoms with E-state index in [0.717, 1.165) is 18.4 Å². The summed E-state index contributed by atoms with van der Waals surface area (Å²) in [5, 5.41) is 4.73. The molecule has 1 aliphatic heterocycles. The number of carbonyl (C=O) groups excluding carboxylic acids is 2. The third-order valence-electron chi connectivity index (χ3n) is 5.02. The smallest absolute Gasteiger partial charge is 0.231 e. The number of amides is 2. The van der Waals surface area contributed by atoms with Crippen molar-refractivity contribution in [2.45, 2.75) is 42.9 Å². The van der Waals surface area contributed by atoms with Crippen molar-refractivity contribution in [3.63, 3.8) is 0 Å². The lowest BCUT2D eigenvalue weighted by atomic mass is 10.1. The molecular weight excluding hydrogens is 398 g/mol. The van der Waals surface area contributed by atoms with Gasteiger partial charge in [-0.25, -0.2) is 13.4 Å². The molecule has 1 saturated heterocycles. The Morgan fingerprint density at radius 2 is 2.00 bits per heavy atom. The minimum atomic E-state index is -3.50. The number of sulfone groups is 1. The summed E-state index contributed by atoms with van der Waals surface area (Å²) in [6, 6.07) is 7.00. The van der Waals surface area contributed by atoms with Crippen molar-refractivity contribution in [2.75, 3.05) is 11.9 Å². The molecule has 2 amide bonds. The lowest BCUT2D eigenvalue weighted by Gasteiger charge is -2.14. The van der Waals surface area contributed by atoms with E-state index in [4.69, 9.17) is 0 Å². The molecule has 1 aliphatic carbocycles. The van der Waals surface area contributed by atoms with Gasteiger partial charge in [0, 0.05) is 24.4 Å². The van der Waals surface area contributed by atoms with Crippen molar-refractivity contribution < 1.29 is 18.0 Å². The number of rotatable bonds is 6. The van der Waals surface area contributed by atoms with Crippen molar-refractivity contribution in [3.05, 3.63) is 40.9 Å². The summed E-state index contributed by atoms with van der Waals surface area (Å²) in [6.45, 7) is 2.35. The Labute approximate surface area is 167 Å². The molecule has 0 spiro atoms. The highest BCUT2D eigenvalue weighted by Gasteiger charge is 2.41. The number of thiazole rings is 1. The van der Waals surface area contributed by atoms with Gasteiger partial charge in [-0.05, 0) is 31.9 Å². The highest BCUT2D eigenvalue weighted by atomic mass is 32.2. The molecule has 7 nitrogen and oxygen atoms in total. The number of hydrogen-bond donors (Lipinski definition) is 1. The SMILES string of the molecule is Cc1ccc(S(=O)(=O)Cc2csc(NC(=O)[C@@H]3CC(=O)N(C4CC4)C3)n2)cc1. The van der Waals surface area contributed by atoms with Crippen LogP contribution in [0.4, 0.5) is 5.13 Å². The van der Waals surface area contributed by atoms with Crippen molar-refractivity contribution in [2.24, 2.45) is 5.92 Å². The van der Waals surface area contributed by atoms with Crippen molar-refractivity contribution in [1.29, 1.82) is 0 Å². The molecule has 2 heterocycles. The predicted octanol–water partition coefficient (Wildman–Crippen LogP) is 2.37. The summed E-state index contributed by atoms with van der Waals surface area (Å²) in [5.41, 5.74) is 1.38.